The molecule has 0 saturated heterocycles. The number of carbonyl (C=O) groups is 1. The summed E-state index contributed by atoms with van der Waals surface area (Å²) in [7, 11) is 0. The van der Waals surface area contributed by atoms with Gasteiger partial charge in [0.05, 0.1) is 0 Å². The minimum Gasteiger partial charge on any atom is -0.481 e. The van der Waals surface area contributed by atoms with Crippen LogP contribution in [0.3, 0.4) is 0 Å². The fourth-order valence-corrected chi connectivity index (χ4v) is 2.03. The monoisotopic (exact) mass is 336 g/mol. The SMILES string of the molecule is CCCCC/C=C\C[C@H](/C=C/C=C\C/C=C\CCCC(=O)O)OO. The highest BCUT2D eigenvalue weighted by Gasteiger charge is 1.99. The standard InChI is InChI=1S/C20H32O4/c1-2-3-4-5-10-13-16-19(24-23)17-14-11-8-6-7-9-12-15-18-20(21)22/h7-11,13-14,17,19,23H,2-6,12,15-16,18H2,1H3,(H,21,22)/b9-7-,11-8-,13-10-,17-14+/t19-/m1/s1. The topological polar surface area (TPSA) is 66.8 Å². The molecule has 1 atom stereocenters. The maximum atomic E-state index is 10.3. The molecule has 0 aromatic rings. The van der Waals surface area contributed by atoms with E-state index in [9.17, 15) is 4.79 Å². The van der Waals surface area contributed by atoms with Crippen molar-refractivity contribution in [2.75, 3.05) is 0 Å². The predicted molar refractivity (Wildman–Crippen MR) is 98.9 cm³/mol. The quantitative estimate of drug-likeness (QED) is 0.133. The van der Waals surface area contributed by atoms with Crippen molar-refractivity contribution in [3.05, 3.63) is 48.6 Å². The predicted octanol–water partition coefficient (Wildman–Crippen LogP) is 5.68. The van der Waals surface area contributed by atoms with Crippen molar-refractivity contribution in [2.24, 2.45) is 0 Å². The number of allylic oxidation sites excluding steroid dienone is 6. The van der Waals surface area contributed by atoms with E-state index in [-0.39, 0.29) is 12.5 Å². The lowest BCUT2D eigenvalue weighted by atomic mass is 10.1. The normalized spacial score (nSPS) is 13.8. The smallest absolute Gasteiger partial charge is 0.303 e. The Morgan fingerprint density at radius 3 is 2.46 bits per heavy atom. The zero-order chi connectivity index (χ0) is 17.9. The Labute approximate surface area is 146 Å². The van der Waals surface area contributed by atoms with E-state index in [1.807, 2.05) is 42.5 Å². The molecule has 0 aromatic heterocycles. The number of carboxylic acid groups (broad SMARTS) is 1. The van der Waals surface area contributed by atoms with Gasteiger partial charge in [-0.2, -0.15) is 0 Å². The van der Waals surface area contributed by atoms with Crippen molar-refractivity contribution in [3.8, 4) is 0 Å². The Morgan fingerprint density at radius 2 is 1.75 bits per heavy atom. The van der Waals surface area contributed by atoms with E-state index >= 15 is 0 Å². The van der Waals surface area contributed by atoms with Crippen LogP contribution in [-0.4, -0.2) is 22.4 Å². The fourth-order valence-electron chi connectivity index (χ4n) is 2.03. The van der Waals surface area contributed by atoms with Crippen LogP contribution >= 0.6 is 0 Å². The first-order valence-electron chi connectivity index (χ1n) is 8.86. The van der Waals surface area contributed by atoms with Crippen molar-refractivity contribution in [2.45, 2.75) is 70.8 Å². The molecule has 2 N–H and O–H groups in total. The van der Waals surface area contributed by atoms with Gasteiger partial charge in [-0.15, -0.1) is 0 Å². The summed E-state index contributed by atoms with van der Waals surface area (Å²) in [5.41, 5.74) is 0. The Bertz CT molecular complexity index is 408. The van der Waals surface area contributed by atoms with Crippen LogP contribution in [0.15, 0.2) is 48.6 Å². The van der Waals surface area contributed by atoms with Gasteiger partial charge in [-0.05, 0) is 38.5 Å². The molecule has 24 heavy (non-hydrogen) atoms. The highest BCUT2D eigenvalue weighted by molar-refractivity contribution is 5.66. The van der Waals surface area contributed by atoms with Crippen LogP contribution < -0.4 is 0 Å². The van der Waals surface area contributed by atoms with E-state index in [1.165, 1.54) is 19.3 Å². The Morgan fingerprint density at radius 1 is 1.00 bits per heavy atom. The summed E-state index contributed by atoms with van der Waals surface area (Å²) in [6.45, 7) is 2.19. The van der Waals surface area contributed by atoms with Gasteiger partial charge in [0.1, 0.15) is 6.10 Å². The maximum Gasteiger partial charge on any atom is 0.303 e. The first-order chi connectivity index (χ1) is 11.7. The van der Waals surface area contributed by atoms with Crippen molar-refractivity contribution in [1.82, 2.24) is 0 Å². The molecule has 0 spiro atoms. The van der Waals surface area contributed by atoms with Crippen LogP contribution in [0.1, 0.15) is 64.7 Å². The fraction of sp³-hybridized carbons (Fsp3) is 0.550. The second-order valence-electron chi connectivity index (χ2n) is 5.65. The second kappa shape index (κ2) is 17.7. The largest absolute Gasteiger partial charge is 0.481 e. The van der Waals surface area contributed by atoms with E-state index in [0.717, 1.165) is 19.3 Å². The maximum absolute atomic E-state index is 10.3. The van der Waals surface area contributed by atoms with Gasteiger partial charge in [0.15, 0.2) is 0 Å². The molecule has 0 aliphatic rings. The third-order valence-electron chi connectivity index (χ3n) is 3.42. The first kappa shape index (κ1) is 22.4. The zero-order valence-corrected chi connectivity index (χ0v) is 14.8. The van der Waals surface area contributed by atoms with E-state index in [4.69, 9.17) is 10.4 Å². The second-order valence-corrected chi connectivity index (χ2v) is 5.65. The first-order valence-corrected chi connectivity index (χ1v) is 8.86. The summed E-state index contributed by atoms with van der Waals surface area (Å²) in [4.78, 5) is 14.8. The zero-order valence-electron chi connectivity index (χ0n) is 14.8. The van der Waals surface area contributed by atoms with Gasteiger partial charge in [-0.25, -0.2) is 4.89 Å². The van der Waals surface area contributed by atoms with E-state index < -0.39 is 5.97 Å². The number of carboxylic acids is 1. The van der Waals surface area contributed by atoms with Gasteiger partial charge < -0.3 is 5.11 Å². The summed E-state index contributed by atoms with van der Waals surface area (Å²) in [6.07, 6.45) is 23.4. The molecule has 0 aliphatic carbocycles. The molecule has 0 rings (SSSR count). The molecule has 4 nitrogen and oxygen atoms in total. The lowest BCUT2D eigenvalue weighted by Crippen LogP contribution is -2.04. The summed E-state index contributed by atoms with van der Waals surface area (Å²) in [5, 5.41) is 17.4. The summed E-state index contributed by atoms with van der Waals surface area (Å²) >= 11 is 0. The van der Waals surface area contributed by atoms with Crippen molar-refractivity contribution < 1.29 is 20.0 Å². The summed E-state index contributed by atoms with van der Waals surface area (Å²) in [5.74, 6) is -0.745. The molecular weight excluding hydrogens is 304 g/mol. The summed E-state index contributed by atoms with van der Waals surface area (Å²) in [6, 6.07) is 0. The van der Waals surface area contributed by atoms with Crippen LogP contribution in [0.5, 0.6) is 0 Å². The molecule has 0 radical (unpaired) electrons. The molecule has 0 fully saturated rings. The highest BCUT2D eigenvalue weighted by Crippen LogP contribution is 2.04. The van der Waals surface area contributed by atoms with Crippen LogP contribution in [-0.2, 0) is 9.68 Å². The summed E-state index contributed by atoms with van der Waals surface area (Å²) < 4.78 is 0. The molecule has 0 saturated carbocycles. The Hall–Kier alpha value is -1.65. The average molecular weight is 336 g/mol. The van der Waals surface area contributed by atoms with Crippen molar-refractivity contribution >= 4 is 5.97 Å². The highest BCUT2D eigenvalue weighted by atomic mass is 17.1. The van der Waals surface area contributed by atoms with Crippen LogP contribution in [0.4, 0.5) is 0 Å². The van der Waals surface area contributed by atoms with E-state index in [2.05, 4.69) is 17.9 Å². The van der Waals surface area contributed by atoms with Crippen molar-refractivity contribution in [1.29, 1.82) is 0 Å². The van der Waals surface area contributed by atoms with E-state index in [0.29, 0.717) is 12.8 Å². The van der Waals surface area contributed by atoms with Gasteiger partial charge in [0, 0.05) is 6.42 Å². The molecule has 0 amide bonds. The molecule has 136 valence electrons. The van der Waals surface area contributed by atoms with Crippen LogP contribution in [0.2, 0.25) is 0 Å². The Kier molecular flexibility index (Phi) is 16.5. The molecular formula is C20H32O4. The van der Waals surface area contributed by atoms with Gasteiger partial charge >= 0.3 is 5.97 Å². The molecule has 4 heteroatoms. The van der Waals surface area contributed by atoms with Crippen LogP contribution in [0, 0.1) is 0 Å². The number of hydrogen-bond donors (Lipinski definition) is 2. The minimum absolute atomic E-state index is 0.221. The van der Waals surface area contributed by atoms with Gasteiger partial charge in [-0.3, -0.25) is 10.1 Å². The average Bonchev–Trinajstić information content (AvgIpc) is 2.57. The number of hydrogen-bond acceptors (Lipinski definition) is 3. The molecule has 0 bridgehead atoms. The Balaban J connectivity index is 3.79. The van der Waals surface area contributed by atoms with Gasteiger partial charge in [-0.1, -0.05) is 68.4 Å². The molecule has 0 aromatic carbocycles. The third kappa shape index (κ3) is 16.7. The lowest BCUT2D eigenvalue weighted by Gasteiger charge is -2.04. The molecule has 0 heterocycles. The molecule has 0 aliphatic heterocycles. The minimum atomic E-state index is -0.745. The van der Waals surface area contributed by atoms with E-state index in [1.54, 1.807) is 0 Å². The van der Waals surface area contributed by atoms with Crippen LogP contribution in [0.25, 0.3) is 0 Å². The molecule has 0 unspecified atom stereocenters. The number of unbranched alkanes of at least 4 members (excludes halogenated alkanes) is 4. The third-order valence-corrected chi connectivity index (χ3v) is 3.42. The van der Waals surface area contributed by atoms with Crippen molar-refractivity contribution in [3.63, 3.8) is 0 Å². The lowest BCUT2D eigenvalue weighted by molar-refractivity contribution is -0.264. The van der Waals surface area contributed by atoms with Gasteiger partial charge in [0.2, 0.25) is 0 Å². The van der Waals surface area contributed by atoms with Gasteiger partial charge in [0.25, 0.3) is 0 Å². The number of rotatable bonds is 15. The number of aliphatic carboxylic acids is 1.